The van der Waals surface area contributed by atoms with E-state index in [0.29, 0.717) is 5.52 Å². The molecule has 0 amide bonds. The van der Waals surface area contributed by atoms with Crippen LogP contribution in [0.3, 0.4) is 0 Å². The third-order valence-electron chi connectivity index (χ3n) is 5.63. The van der Waals surface area contributed by atoms with Crippen LogP contribution in [0.25, 0.3) is 10.9 Å². The zero-order valence-corrected chi connectivity index (χ0v) is 18.7. The van der Waals surface area contributed by atoms with Crippen molar-refractivity contribution < 1.29 is 5.11 Å². The van der Waals surface area contributed by atoms with Crippen LogP contribution in [0.4, 0.5) is 11.5 Å². The molecule has 2 heterocycles. The minimum Gasteiger partial charge on any atom is -0.505 e. The Kier molecular flexibility index (Phi) is 6.85. The fourth-order valence-corrected chi connectivity index (χ4v) is 4.10. The molecular formula is C27H30N4O. The number of rotatable bonds is 9. The largest absolute Gasteiger partial charge is 0.505 e. The molecule has 0 aliphatic carbocycles. The van der Waals surface area contributed by atoms with Crippen molar-refractivity contribution in [1.29, 1.82) is 0 Å². The number of pyridine rings is 2. The topological polar surface area (TPSA) is 61.3 Å². The number of phenolic OH excluding ortho intramolecular Hbond substituents is 1. The minimum atomic E-state index is -0.267. The Balaban J connectivity index is 1.74. The van der Waals surface area contributed by atoms with Crippen LogP contribution in [0.5, 0.6) is 5.75 Å². The van der Waals surface area contributed by atoms with E-state index in [1.807, 2.05) is 42.5 Å². The predicted octanol–water partition coefficient (Wildman–Crippen LogP) is 6.16. The molecule has 0 saturated heterocycles. The van der Waals surface area contributed by atoms with Gasteiger partial charge in [-0.3, -0.25) is 4.98 Å². The van der Waals surface area contributed by atoms with Crippen LogP contribution in [-0.2, 0) is 0 Å². The lowest BCUT2D eigenvalue weighted by Crippen LogP contribution is -2.24. The van der Waals surface area contributed by atoms with Gasteiger partial charge in [0.25, 0.3) is 0 Å². The molecule has 0 fully saturated rings. The summed E-state index contributed by atoms with van der Waals surface area (Å²) in [5.74, 6) is 0.944. The standard InChI is InChI=1S/C27H30N4O/c1-3-18-31(19-4-2)22-13-10-21(11-14-22)25(30-24-9-5-6-16-28-24)23-15-12-20-8-7-17-29-26(20)27(23)32/h5-17,25,32H,3-4,18-19H2,1-2H3,(H,28,30)/t25-/m1/s1. The molecule has 5 nitrogen and oxygen atoms in total. The van der Waals surface area contributed by atoms with Crippen molar-refractivity contribution in [2.75, 3.05) is 23.3 Å². The van der Waals surface area contributed by atoms with Gasteiger partial charge < -0.3 is 15.3 Å². The Bertz CT molecular complexity index is 1140. The third-order valence-corrected chi connectivity index (χ3v) is 5.63. The van der Waals surface area contributed by atoms with Crippen molar-refractivity contribution in [3.05, 3.63) is 90.3 Å². The molecule has 1 atom stereocenters. The number of anilines is 2. The van der Waals surface area contributed by atoms with Crippen LogP contribution in [0.15, 0.2) is 79.1 Å². The average Bonchev–Trinajstić information content (AvgIpc) is 2.84. The Hall–Kier alpha value is -3.60. The summed E-state index contributed by atoms with van der Waals surface area (Å²) in [5.41, 5.74) is 3.65. The van der Waals surface area contributed by atoms with E-state index >= 15 is 0 Å². The van der Waals surface area contributed by atoms with Gasteiger partial charge in [0.15, 0.2) is 0 Å². The quantitative estimate of drug-likeness (QED) is 0.335. The lowest BCUT2D eigenvalue weighted by atomic mass is 9.96. The highest BCUT2D eigenvalue weighted by Gasteiger charge is 2.20. The van der Waals surface area contributed by atoms with Crippen molar-refractivity contribution in [3.63, 3.8) is 0 Å². The van der Waals surface area contributed by atoms with Gasteiger partial charge in [-0.15, -0.1) is 0 Å². The van der Waals surface area contributed by atoms with E-state index in [1.165, 1.54) is 5.69 Å². The normalized spacial score (nSPS) is 11.9. The molecule has 32 heavy (non-hydrogen) atoms. The highest BCUT2D eigenvalue weighted by Crippen LogP contribution is 2.36. The van der Waals surface area contributed by atoms with E-state index < -0.39 is 0 Å². The molecule has 2 aromatic heterocycles. The molecule has 5 heteroatoms. The second kappa shape index (κ2) is 10.1. The van der Waals surface area contributed by atoms with Crippen molar-refractivity contribution in [2.24, 2.45) is 0 Å². The van der Waals surface area contributed by atoms with Crippen LogP contribution in [0.1, 0.15) is 43.9 Å². The molecule has 0 aliphatic rings. The lowest BCUT2D eigenvalue weighted by molar-refractivity contribution is 0.471. The zero-order valence-electron chi connectivity index (χ0n) is 18.7. The van der Waals surface area contributed by atoms with Gasteiger partial charge in [-0.05, 0) is 48.7 Å². The summed E-state index contributed by atoms with van der Waals surface area (Å²) in [7, 11) is 0. The van der Waals surface area contributed by atoms with Crippen LogP contribution < -0.4 is 10.2 Å². The predicted molar refractivity (Wildman–Crippen MR) is 132 cm³/mol. The number of hydrogen-bond acceptors (Lipinski definition) is 5. The average molecular weight is 427 g/mol. The Morgan fingerprint density at radius 1 is 0.844 bits per heavy atom. The Morgan fingerprint density at radius 2 is 1.59 bits per heavy atom. The maximum Gasteiger partial charge on any atom is 0.147 e. The number of phenols is 1. The minimum absolute atomic E-state index is 0.194. The number of nitrogens with one attached hydrogen (secondary N) is 1. The molecule has 164 valence electrons. The van der Waals surface area contributed by atoms with Gasteiger partial charge in [-0.2, -0.15) is 0 Å². The summed E-state index contributed by atoms with van der Waals surface area (Å²) in [6, 6.07) is 21.9. The molecule has 0 spiro atoms. The number of aromatic nitrogens is 2. The van der Waals surface area contributed by atoms with Crippen LogP contribution in [-0.4, -0.2) is 28.2 Å². The molecule has 2 aromatic carbocycles. The number of benzene rings is 2. The number of fused-ring (bicyclic) bond motifs is 1. The number of hydrogen-bond donors (Lipinski definition) is 2. The van der Waals surface area contributed by atoms with Gasteiger partial charge in [0.1, 0.15) is 17.1 Å². The Morgan fingerprint density at radius 3 is 2.28 bits per heavy atom. The van der Waals surface area contributed by atoms with E-state index in [0.717, 1.165) is 48.3 Å². The van der Waals surface area contributed by atoms with Crippen molar-refractivity contribution in [1.82, 2.24) is 9.97 Å². The summed E-state index contributed by atoms with van der Waals surface area (Å²) in [5, 5.41) is 15.5. The first-order valence-corrected chi connectivity index (χ1v) is 11.3. The summed E-state index contributed by atoms with van der Waals surface area (Å²) in [6.45, 7) is 6.50. The molecule has 0 radical (unpaired) electrons. The number of nitrogens with zero attached hydrogens (tertiary/aromatic N) is 3. The van der Waals surface area contributed by atoms with E-state index in [1.54, 1.807) is 12.4 Å². The molecular weight excluding hydrogens is 396 g/mol. The maximum atomic E-state index is 11.1. The second-order valence-corrected chi connectivity index (χ2v) is 7.95. The van der Waals surface area contributed by atoms with Gasteiger partial charge in [-0.25, -0.2) is 4.98 Å². The van der Waals surface area contributed by atoms with Crippen molar-refractivity contribution in [2.45, 2.75) is 32.7 Å². The molecule has 0 unspecified atom stereocenters. The Labute approximate surface area is 189 Å². The first-order chi connectivity index (χ1) is 15.7. The fraction of sp³-hybridized carbons (Fsp3) is 0.259. The first-order valence-electron chi connectivity index (χ1n) is 11.3. The van der Waals surface area contributed by atoms with Gasteiger partial charge >= 0.3 is 0 Å². The monoisotopic (exact) mass is 426 g/mol. The summed E-state index contributed by atoms with van der Waals surface area (Å²) in [6.07, 6.45) is 5.70. The van der Waals surface area contributed by atoms with Gasteiger partial charge in [0.2, 0.25) is 0 Å². The molecule has 0 aliphatic heterocycles. The van der Waals surface area contributed by atoms with Crippen molar-refractivity contribution in [3.8, 4) is 5.75 Å². The van der Waals surface area contributed by atoms with E-state index in [9.17, 15) is 5.11 Å². The highest BCUT2D eigenvalue weighted by molar-refractivity contribution is 5.86. The molecule has 4 aromatic rings. The third kappa shape index (κ3) is 4.67. The summed E-state index contributed by atoms with van der Waals surface area (Å²) >= 11 is 0. The summed E-state index contributed by atoms with van der Waals surface area (Å²) in [4.78, 5) is 11.3. The molecule has 4 rings (SSSR count). The smallest absolute Gasteiger partial charge is 0.147 e. The SMILES string of the molecule is CCCN(CCC)c1ccc([C@@H](Nc2ccccn2)c2ccc3cccnc3c2O)cc1. The molecule has 0 bridgehead atoms. The van der Waals surface area contributed by atoms with E-state index in [2.05, 4.69) is 58.3 Å². The van der Waals surface area contributed by atoms with Gasteiger partial charge in [-0.1, -0.05) is 50.2 Å². The second-order valence-electron chi connectivity index (χ2n) is 7.95. The first kappa shape index (κ1) is 21.6. The molecule has 2 N–H and O–H groups in total. The zero-order chi connectivity index (χ0) is 22.3. The lowest BCUT2D eigenvalue weighted by Gasteiger charge is -2.26. The fourth-order valence-electron chi connectivity index (χ4n) is 4.10. The van der Waals surface area contributed by atoms with Gasteiger partial charge in [0.05, 0.1) is 6.04 Å². The van der Waals surface area contributed by atoms with E-state index in [4.69, 9.17) is 0 Å². The highest BCUT2D eigenvalue weighted by atomic mass is 16.3. The van der Waals surface area contributed by atoms with E-state index in [-0.39, 0.29) is 11.8 Å². The van der Waals surface area contributed by atoms with Crippen LogP contribution in [0, 0.1) is 0 Å². The number of aromatic hydroxyl groups is 1. The summed E-state index contributed by atoms with van der Waals surface area (Å²) < 4.78 is 0. The maximum absolute atomic E-state index is 11.1. The van der Waals surface area contributed by atoms with Crippen molar-refractivity contribution >= 4 is 22.4 Å². The molecule has 0 saturated carbocycles. The van der Waals surface area contributed by atoms with Gasteiger partial charge in [0, 0.05) is 42.1 Å². The van der Waals surface area contributed by atoms with Crippen LogP contribution >= 0.6 is 0 Å². The van der Waals surface area contributed by atoms with Crippen LogP contribution in [0.2, 0.25) is 0 Å².